The van der Waals surface area contributed by atoms with E-state index in [0.717, 1.165) is 19.3 Å². The number of nitrogens with two attached hydrogens (primary N) is 1. The van der Waals surface area contributed by atoms with Gasteiger partial charge < -0.3 is 5.73 Å². The lowest BCUT2D eigenvalue weighted by Gasteiger charge is -2.42. The van der Waals surface area contributed by atoms with Crippen LogP contribution in [0.15, 0.2) is 18.2 Å². The minimum atomic E-state index is -2.46. The van der Waals surface area contributed by atoms with E-state index in [0.29, 0.717) is 17.1 Å². The van der Waals surface area contributed by atoms with Crippen LogP contribution in [0.4, 0.5) is 8.78 Å². The Morgan fingerprint density at radius 2 is 2.06 bits per heavy atom. The molecular weight excluding hydrogens is 232 g/mol. The first-order valence-electron chi connectivity index (χ1n) is 5.37. The molecule has 1 aliphatic rings. The molecule has 1 aromatic carbocycles. The molecule has 1 aromatic rings. The Labute approximate surface area is 98.6 Å². The number of rotatable bonds is 3. The first kappa shape index (κ1) is 11.8. The van der Waals surface area contributed by atoms with Gasteiger partial charge in [0.25, 0.3) is 6.43 Å². The summed E-state index contributed by atoms with van der Waals surface area (Å²) < 4.78 is 25.8. The molecule has 0 radical (unpaired) electrons. The zero-order chi connectivity index (χ0) is 11.8. The van der Waals surface area contributed by atoms with Crippen LogP contribution in [0, 0.1) is 0 Å². The van der Waals surface area contributed by atoms with Crippen molar-refractivity contribution < 1.29 is 8.78 Å². The second-order valence-corrected chi connectivity index (χ2v) is 4.81. The first-order valence-corrected chi connectivity index (χ1v) is 5.75. The minimum absolute atomic E-state index is 0.0783. The Morgan fingerprint density at radius 1 is 1.38 bits per heavy atom. The van der Waals surface area contributed by atoms with Crippen LogP contribution in [0.1, 0.15) is 36.8 Å². The van der Waals surface area contributed by atoms with E-state index in [1.54, 1.807) is 6.07 Å². The van der Waals surface area contributed by atoms with Crippen molar-refractivity contribution in [3.05, 3.63) is 34.3 Å². The van der Waals surface area contributed by atoms with Gasteiger partial charge in [0.1, 0.15) is 0 Å². The van der Waals surface area contributed by atoms with E-state index in [4.69, 9.17) is 17.3 Å². The summed E-state index contributed by atoms with van der Waals surface area (Å²) in [6.45, 7) is 0.410. The van der Waals surface area contributed by atoms with Crippen LogP contribution in [-0.4, -0.2) is 6.54 Å². The molecule has 0 spiro atoms. The lowest BCUT2D eigenvalue weighted by molar-refractivity contribution is 0.144. The Kier molecular flexibility index (Phi) is 3.17. The zero-order valence-electron chi connectivity index (χ0n) is 8.85. The van der Waals surface area contributed by atoms with Crippen LogP contribution in [0.5, 0.6) is 0 Å². The molecule has 0 heterocycles. The van der Waals surface area contributed by atoms with Gasteiger partial charge in [-0.05, 0) is 30.5 Å². The molecule has 2 rings (SSSR count). The van der Waals surface area contributed by atoms with Gasteiger partial charge in [-0.25, -0.2) is 8.78 Å². The summed E-state index contributed by atoms with van der Waals surface area (Å²) in [5.74, 6) is 0. The highest BCUT2D eigenvalue weighted by molar-refractivity contribution is 6.30. The van der Waals surface area contributed by atoms with Gasteiger partial charge in [0, 0.05) is 22.5 Å². The van der Waals surface area contributed by atoms with Crippen LogP contribution >= 0.6 is 11.6 Å². The molecule has 0 saturated heterocycles. The van der Waals surface area contributed by atoms with Gasteiger partial charge in [0.2, 0.25) is 0 Å². The Morgan fingerprint density at radius 3 is 2.50 bits per heavy atom. The largest absolute Gasteiger partial charge is 0.330 e. The topological polar surface area (TPSA) is 26.0 Å². The number of hydrogen-bond acceptors (Lipinski definition) is 1. The summed E-state index contributed by atoms with van der Waals surface area (Å²) in [6.07, 6.45) is 0.343. The predicted molar refractivity (Wildman–Crippen MR) is 61.0 cm³/mol. The Balaban J connectivity index is 2.48. The Bertz CT molecular complexity index is 383. The van der Waals surface area contributed by atoms with Crippen LogP contribution in [-0.2, 0) is 5.41 Å². The number of halogens is 3. The molecule has 0 atom stereocenters. The summed E-state index contributed by atoms with van der Waals surface area (Å²) in [5.41, 5.74) is 6.19. The average molecular weight is 246 g/mol. The maximum Gasteiger partial charge on any atom is 0.264 e. The first-order chi connectivity index (χ1) is 7.59. The van der Waals surface area contributed by atoms with Crippen molar-refractivity contribution in [2.45, 2.75) is 31.1 Å². The quantitative estimate of drug-likeness (QED) is 0.864. The molecule has 0 bridgehead atoms. The van der Waals surface area contributed by atoms with Gasteiger partial charge in [-0.1, -0.05) is 24.1 Å². The van der Waals surface area contributed by atoms with Gasteiger partial charge in [-0.3, -0.25) is 0 Å². The summed E-state index contributed by atoms with van der Waals surface area (Å²) in [4.78, 5) is 0. The lowest BCUT2D eigenvalue weighted by Crippen LogP contribution is -2.42. The molecule has 1 nitrogen and oxygen atoms in total. The van der Waals surface area contributed by atoms with E-state index in [9.17, 15) is 8.78 Å². The molecular formula is C12H14ClF2N. The highest BCUT2D eigenvalue weighted by atomic mass is 35.5. The molecule has 16 heavy (non-hydrogen) atoms. The summed E-state index contributed by atoms with van der Waals surface area (Å²) in [6, 6.07) is 4.57. The van der Waals surface area contributed by atoms with Gasteiger partial charge in [-0.2, -0.15) is 0 Å². The fourth-order valence-corrected chi connectivity index (χ4v) is 2.54. The third-order valence-electron chi connectivity index (χ3n) is 3.52. The standard InChI is InChI=1S/C12H14ClF2N/c13-8-2-3-9(11(14)15)10(6-8)12(7-16)4-1-5-12/h2-3,6,11H,1,4-5,7,16H2. The van der Waals surface area contributed by atoms with E-state index in [1.165, 1.54) is 12.1 Å². The molecule has 88 valence electrons. The van der Waals surface area contributed by atoms with Crippen molar-refractivity contribution in [2.24, 2.45) is 5.73 Å². The summed E-state index contributed by atoms with van der Waals surface area (Å²) in [5, 5.41) is 0.499. The second kappa shape index (κ2) is 4.30. The van der Waals surface area contributed by atoms with Gasteiger partial charge in [0.05, 0.1) is 0 Å². The van der Waals surface area contributed by atoms with Crippen molar-refractivity contribution in [1.82, 2.24) is 0 Å². The predicted octanol–water partition coefficient (Wildman–Crippen LogP) is 3.66. The van der Waals surface area contributed by atoms with Crippen molar-refractivity contribution in [2.75, 3.05) is 6.54 Å². The van der Waals surface area contributed by atoms with Crippen molar-refractivity contribution in [3.63, 3.8) is 0 Å². The van der Waals surface area contributed by atoms with Gasteiger partial charge >= 0.3 is 0 Å². The zero-order valence-corrected chi connectivity index (χ0v) is 9.61. The third kappa shape index (κ3) is 1.82. The SMILES string of the molecule is NCC1(c2cc(Cl)ccc2C(F)F)CCC1. The maximum absolute atomic E-state index is 12.9. The fraction of sp³-hybridized carbons (Fsp3) is 0.500. The monoisotopic (exact) mass is 245 g/mol. The maximum atomic E-state index is 12.9. The summed E-state index contributed by atoms with van der Waals surface area (Å²) >= 11 is 5.88. The smallest absolute Gasteiger partial charge is 0.264 e. The van der Waals surface area contributed by atoms with E-state index in [-0.39, 0.29) is 11.0 Å². The van der Waals surface area contributed by atoms with E-state index >= 15 is 0 Å². The van der Waals surface area contributed by atoms with Crippen LogP contribution < -0.4 is 5.73 Å². The van der Waals surface area contributed by atoms with Crippen molar-refractivity contribution in [3.8, 4) is 0 Å². The molecule has 0 aromatic heterocycles. The summed E-state index contributed by atoms with van der Waals surface area (Å²) in [7, 11) is 0. The van der Waals surface area contributed by atoms with Gasteiger partial charge in [-0.15, -0.1) is 0 Å². The van der Waals surface area contributed by atoms with Crippen molar-refractivity contribution in [1.29, 1.82) is 0 Å². The normalized spacial score (nSPS) is 18.6. The average Bonchev–Trinajstić information content (AvgIpc) is 2.16. The van der Waals surface area contributed by atoms with Crippen LogP contribution in [0.3, 0.4) is 0 Å². The lowest BCUT2D eigenvalue weighted by atomic mass is 9.63. The third-order valence-corrected chi connectivity index (χ3v) is 3.76. The van der Waals surface area contributed by atoms with Crippen molar-refractivity contribution >= 4 is 11.6 Å². The molecule has 4 heteroatoms. The highest BCUT2D eigenvalue weighted by Gasteiger charge is 2.40. The van der Waals surface area contributed by atoms with E-state index in [1.807, 2.05) is 0 Å². The Hall–Kier alpha value is -0.670. The molecule has 2 N–H and O–H groups in total. The molecule has 0 unspecified atom stereocenters. The molecule has 0 amide bonds. The molecule has 1 fully saturated rings. The molecule has 0 aliphatic heterocycles. The number of hydrogen-bond donors (Lipinski definition) is 1. The van der Waals surface area contributed by atoms with Crippen LogP contribution in [0.25, 0.3) is 0 Å². The fourth-order valence-electron chi connectivity index (χ4n) is 2.37. The molecule has 1 aliphatic carbocycles. The number of benzene rings is 1. The van der Waals surface area contributed by atoms with Gasteiger partial charge in [0.15, 0.2) is 0 Å². The highest BCUT2D eigenvalue weighted by Crippen LogP contribution is 2.46. The molecule has 1 saturated carbocycles. The van der Waals surface area contributed by atoms with Crippen LogP contribution in [0.2, 0.25) is 5.02 Å². The van der Waals surface area contributed by atoms with E-state index < -0.39 is 6.43 Å². The second-order valence-electron chi connectivity index (χ2n) is 4.37. The minimum Gasteiger partial charge on any atom is -0.330 e. The number of alkyl halides is 2. The van der Waals surface area contributed by atoms with E-state index in [2.05, 4.69) is 0 Å².